The van der Waals surface area contributed by atoms with Crippen molar-refractivity contribution < 1.29 is 9.21 Å². The lowest BCUT2D eigenvalue weighted by atomic mass is 10.0. The van der Waals surface area contributed by atoms with E-state index in [1.807, 2.05) is 30.7 Å². The summed E-state index contributed by atoms with van der Waals surface area (Å²) >= 11 is 1.60. The fraction of sp³-hybridized carbons (Fsp3) is 0.500. The number of hydrogen-bond acceptors (Lipinski definition) is 4. The topological polar surface area (TPSA) is 55.1 Å². The molecule has 0 unspecified atom stereocenters. The summed E-state index contributed by atoms with van der Waals surface area (Å²) in [6.07, 6.45) is 1.31. The highest BCUT2D eigenvalue weighted by molar-refractivity contribution is 7.08. The summed E-state index contributed by atoms with van der Waals surface area (Å²) in [5.74, 6) is 1.76. The van der Waals surface area contributed by atoms with Gasteiger partial charge in [-0.05, 0) is 31.2 Å². The molecule has 2 aromatic heterocycles. The van der Waals surface area contributed by atoms with Crippen molar-refractivity contribution in [2.45, 2.75) is 46.6 Å². The van der Waals surface area contributed by atoms with Crippen LogP contribution in [0.3, 0.4) is 0 Å². The van der Waals surface area contributed by atoms with Crippen molar-refractivity contribution in [3.05, 3.63) is 28.3 Å². The van der Waals surface area contributed by atoms with Crippen LogP contribution in [0.5, 0.6) is 0 Å². The first kappa shape index (κ1) is 15.8. The van der Waals surface area contributed by atoms with E-state index < -0.39 is 0 Å². The molecule has 0 aliphatic rings. The Balaban J connectivity index is 2.01. The molecule has 0 fully saturated rings. The second-order valence-electron chi connectivity index (χ2n) is 5.45. The van der Waals surface area contributed by atoms with E-state index in [4.69, 9.17) is 4.42 Å². The van der Waals surface area contributed by atoms with Gasteiger partial charge in [-0.25, -0.2) is 4.98 Å². The van der Waals surface area contributed by atoms with Crippen molar-refractivity contribution in [1.29, 1.82) is 0 Å². The molecule has 0 bridgehead atoms. The molecule has 0 radical (unpaired) electrons. The summed E-state index contributed by atoms with van der Waals surface area (Å²) in [6.45, 7) is 8.16. The molecule has 5 heteroatoms. The number of rotatable bonds is 6. The Morgan fingerprint density at radius 3 is 2.86 bits per heavy atom. The molecule has 2 rings (SSSR count). The minimum absolute atomic E-state index is 0.00364. The van der Waals surface area contributed by atoms with Crippen LogP contribution in [0.2, 0.25) is 0 Å². The van der Waals surface area contributed by atoms with Crippen LogP contribution in [0.4, 0.5) is 0 Å². The summed E-state index contributed by atoms with van der Waals surface area (Å²) in [5, 5.41) is 7.00. The number of nitrogens with zero attached hydrogens (tertiary/aromatic N) is 1. The van der Waals surface area contributed by atoms with Gasteiger partial charge in [-0.3, -0.25) is 4.79 Å². The zero-order valence-electron chi connectivity index (χ0n) is 13.0. The second-order valence-corrected chi connectivity index (χ2v) is 6.23. The normalized spacial score (nSPS) is 13.9. The molecule has 2 atom stereocenters. The van der Waals surface area contributed by atoms with E-state index in [-0.39, 0.29) is 18.4 Å². The summed E-state index contributed by atoms with van der Waals surface area (Å²) in [7, 11) is 0. The minimum atomic E-state index is -0.00364. The molecule has 114 valence electrons. The predicted octanol–water partition coefficient (Wildman–Crippen LogP) is 3.80. The maximum absolute atomic E-state index is 12.1. The predicted molar refractivity (Wildman–Crippen MR) is 85.3 cm³/mol. The molecule has 1 N–H and O–H groups in total. The number of amides is 1. The van der Waals surface area contributed by atoms with E-state index in [0.29, 0.717) is 23.3 Å². The molecule has 4 nitrogen and oxygen atoms in total. The molecule has 2 heterocycles. The lowest BCUT2D eigenvalue weighted by Gasteiger charge is -2.19. The fourth-order valence-electron chi connectivity index (χ4n) is 2.05. The third-order valence-electron chi connectivity index (χ3n) is 3.87. The third kappa shape index (κ3) is 3.94. The van der Waals surface area contributed by atoms with Crippen LogP contribution >= 0.6 is 11.3 Å². The lowest BCUT2D eigenvalue weighted by Crippen LogP contribution is -2.37. The smallest absolute Gasteiger partial charge is 0.227 e. The lowest BCUT2D eigenvalue weighted by molar-refractivity contribution is -0.121. The molecule has 0 saturated carbocycles. The van der Waals surface area contributed by atoms with Crippen molar-refractivity contribution >= 4 is 17.2 Å². The van der Waals surface area contributed by atoms with Gasteiger partial charge in [0.1, 0.15) is 5.76 Å². The van der Waals surface area contributed by atoms with E-state index in [1.54, 1.807) is 11.3 Å². The second kappa shape index (κ2) is 6.89. The first-order chi connectivity index (χ1) is 10.0. The average Bonchev–Trinajstić information content (AvgIpc) is 3.08. The van der Waals surface area contributed by atoms with E-state index in [2.05, 4.69) is 24.1 Å². The van der Waals surface area contributed by atoms with Crippen LogP contribution < -0.4 is 5.32 Å². The SMILES string of the molecule is CC[C@H](C)[C@H](C)NC(=O)Cc1nc(-c2ccsc2)oc1C. The highest BCUT2D eigenvalue weighted by Gasteiger charge is 2.17. The summed E-state index contributed by atoms with van der Waals surface area (Å²) in [4.78, 5) is 16.5. The molecule has 0 spiro atoms. The molecular weight excluding hydrogens is 284 g/mol. The van der Waals surface area contributed by atoms with Crippen molar-refractivity contribution in [3.63, 3.8) is 0 Å². The number of carbonyl (C=O) groups excluding carboxylic acids is 1. The number of nitrogens with one attached hydrogen (secondary N) is 1. The Hall–Kier alpha value is -1.62. The molecule has 0 aliphatic carbocycles. The van der Waals surface area contributed by atoms with Crippen molar-refractivity contribution in [3.8, 4) is 11.5 Å². The standard InChI is InChI=1S/C16H22N2O2S/c1-5-10(2)11(3)17-15(19)8-14-12(4)20-16(18-14)13-6-7-21-9-13/h6-7,9-11H,5,8H2,1-4H3,(H,17,19)/t10-,11-/m0/s1. The Morgan fingerprint density at radius 2 is 2.24 bits per heavy atom. The first-order valence-electron chi connectivity index (χ1n) is 7.29. The van der Waals surface area contributed by atoms with Crippen LogP contribution in [0.1, 0.15) is 38.6 Å². The summed E-state index contributed by atoms with van der Waals surface area (Å²) in [6, 6.07) is 2.14. The van der Waals surface area contributed by atoms with Gasteiger partial charge < -0.3 is 9.73 Å². The van der Waals surface area contributed by atoms with Gasteiger partial charge in [-0.15, -0.1) is 0 Å². The van der Waals surface area contributed by atoms with E-state index >= 15 is 0 Å². The number of thiophene rings is 1. The number of hydrogen-bond donors (Lipinski definition) is 1. The highest BCUT2D eigenvalue weighted by atomic mass is 32.1. The van der Waals surface area contributed by atoms with Gasteiger partial charge in [0.25, 0.3) is 0 Å². The average molecular weight is 306 g/mol. The van der Waals surface area contributed by atoms with Gasteiger partial charge in [0, 0.05) is 17.0 Å². The van der Waals surface area contributed by atoms with Crippen molar-refractivity contribution in [1.82, 2.24) is 10.3 Å². The Labute approximate surface area is 129 Å². The van der Waals surface area contributed by atoms with E-state index in [0.717, 1.165) is 12.0 Å². The van der Waals surface area contributed by atoms with Crippen LogP contribution in [-0.4, -0.2) is 16.9 Å². The molecule has 0 aromatic carbocycles. The number of aromatic nitrogens is 1. The largest absolute Gasteiger partial charge is 0.441 e. The quantitative estimate of drug-likeness (QED) is 0.883. The van der Waals surface area contributed by atoms with Crippen LogP contribution in [0.15, 0.2) is 21.2 Å². The first-order valence-corrected chi connectivity index (χ1v) is 8.23. The molecule has 2 aromatic rings. The number of carbonyl (C=O) groups is 1. The van der Waals surface area contributed by atoms with Crippen LogP contribution in [0, 0.1) is 12.8 Å². The highest BCUT2D eigenvalue weighted by Crippen LogP contribution is 2.24. The summed E-state index contributed by atoms with van der Waals surface area (Å²) < 4.78 is 5.65. The van der Waals surface area contributed by atoms with Gasteiger partial charge in [-0.1, -0.05) is 20.3 Å². The molecule has 1 amide bonds. The van der Waals surface area contributed by atoms with Crippen molar-refractivity contribution in [2.75, 3.05) is 0 Å². The third-order valence-corrected chi connectivity index (χ3v) is 4.56. The van der Waals surface area contributed by atoms with Crippen molar-refractivity contribution in [2.24, 2.45) is 5.92 Å². The van der Waals surface area contributed by atoms with Gasteiger partial charge >= 0.3 is 0 Å². The molecule has 0 aliphatic heterocycles. The van der Waals surface area contributed by atoms with Gasteiger partial charge in [0.05, 0.1) is 12.1 Å². The Morgan fingerprint density at radius 1 is 1.48 bits per heavy atom. The van der Waals surface area contributed by atoms with Gasteiger partial charge in [0.15, 0.2) is 0 Å². The molecular formula is C16H22N2O2S. The van der Waals surface area contributed by atoms with E-state index in [9.17, 15) is 4.79 Å². The monoisotopic (exact) mass is 306 g/mol. The zero-order chi connectivity index (χ0) is 15.4. The maximum Gasteiger partial charge on any atom is 0.227 e. The zero-order valence-corrected chi connectivity index (χ0v) is 13.8. The number of aryl methyl sites for hydroxylation is 1. The van der Waals surface area contributed by atoms with Gasteiger partial charge in [0.2, 0.25) is 11.8 Å². The summed E-state index contributed by atoms with van der Waals surface area (Å²) in [5.41, 5.74) is 1.67. The maximum atomic E-state index is 12.1. The Bertz CT molecular complexity index is 589. The fourth-order valence-corrected chi connectivity index (χ4v) is 2.68. The van der Waals surface area contributed by atoms with Crippen LogP contribution in [0.25, 0.3) is 11.5 Å². The molecule has 21 heavy (non-hydrogen) atoms. The van der Waals surface area contributed by atoms with E-state index in [1.165, 1.54) is 0 Å². The molecule has 0 saturated heterocycles. The Kier molecular flexibility index (Phi) is 5.17. The van der Waals surface area contributed by atoms with Gasteiger partial charge in [-0.2, -0.15) is 11.3 Å². The minimum Gasteiger partial charge on any atom is -0.441 e. The number of oxazole rings is 1. The van der Waals surface area contributed by atoms with Crippen LogP contribution in [-0.2, 0) is 11.2 Å².